The largest absolute Gasteiger partial charge is 0.505 e. The van der Waals surface area contributed by atoms with Crippen LogP contribution in [0.3, 0.4) is 0 Å². The number of halogens is 1. The number of hydrogen-bond acceptors (Lipinski definition) is 6. The zero-order valence-corrected chi connectivity index (χ0v) is 16.0. The summed E-state index contributed by atoms with van der Waals surface area (Å²) in [5.74, 6) is -1.29. The first-order chi connectivity index (χ1) is 13.3. The number of aromatic nitrogens is 2. The molecular formula is C18H13ClN4O4S. The monoisotopic (exact) mass is 416 g/mol. The van der Waals surface area contributed by atoms with Gasteiger partial charge in [0.05, 0.1) is 12.4 Å². The van der Waals surface area contributed by atoms with Crippen molar-refractivity contribution in [2.45, 2.75) is 4.90 Å². The highest BCUT2D eigenvalue weighted by molar-refractivity contribution is 7.89. The molecule has 10 heteroatoms. The molecule has 0 fully saturated rings. The Morgan fingerprint density at radius 1 is 1.18 bits per heavy atom. The molecule has 0 saturated carbocycles. The second kappa shape index (κ2) is 6.47. The van der Waals surface area contributed by atoms with Crippen molar-refractivity contribution < 1.29 is 18.3 Å². The van der Waals surface area contributed by atoms with E-state index in [1.807, 2.05) is 0 Å². The molecule has 0 spiro atoms. The summed E-state index contributed by atoms with van der Waals surface area (Å²) in [5, 5.41) is 14.3. The second-order valence-corrected chi connectivity index (χ2v) is 8.31. The maximum Gasteiger partial charge on any atom is 0.278 e. The molecule has 4 rings (SSSR count). The average Bonchev–Trinajstić information content (AvgIpc) is 2.66. The lowest BCUT2D eigenvalue weighted by atomic mass is 10.0. The van der Waals surface area contributed by atoms with Crippen LogP contribution in [0.5, 0.6) is 0 Å². The number of benzene rings is 2. The van der Waals surface area contributed by atoms with Crippen LogP contribution in [0.1, 0.15) is 5.56 Å². The molecule has 1 amide bonds. The molecule has 8 nitrogen and oxygen atoms in total. The number of amides is 1. The van der Waals surface area contributed by atoms with Crippen LogP contribution in [0, 0.1) is 0 Å². The molecular weight excluding hydrogens is 404 g/mol. The van der Waals surface area contributed by atoms with E-state index in [1.165, 1.54) is 25.5 Å². The van der Waals surface area contributed by atoms with Gasteiger partial charge in [-0.25, -0.2) is 13.4 Å². The summed E-state index contributed by atoms with van der Waals surface area (Å²) in [6.07, 6.45) is 2.53. The van der Waals surface area contributed by atoms with Crippen molar-refractivity contribution in [3.8, 4) is 0 Å². The van der Waals surface area contributed by atoms with E-state index in [0.717, 1.165) is 4.31 Å². The summed E-state index contributed by atoms with van der Waals surface area (Å²) in [6, 6.07) is 10.1. The lowest BCUT2D eigenvalue weighted by molar-refractivity contribution is -0.113. The Kier molecular flexibility index (Phi) is 4.20. The number of fused-ring (bicyclic) bond motifs is 3. The first-order valence-electron chi connectivity index (χ1n) is 8.04. The van der Waals surface area contributed by atoms with Gasteiger partial charge in [0.2, 0.25) is 0 Å². The first kappa shape index (κ1) is 18.2. The SMILES string of the molecule is CN1C(C(=O)Nc2cncc(Cl)n2)=C(O)c2ccc3ccccc3c2S1(=O)=O. The summed E-state index contributed by atoms with van der Waals surface area (Å²) in [7, 11) is -2.88. The van der Waals surface area contributed by atoms with Crippen molar-refractivity contribution in [2.75, 3.05) is 12.4 Å². The van der Waals surface area contributed by atoms with E-state index >= 15 is 0 Å². The summed E-state index contributed by atoms with van der Waals surface area (Å²) >= 11 is 5.75. The Morgan fingerprint density at radius 2 is 1.93 bits per heavy atom. The summed E-state index contributed by atoms with van der Waals surface area (Å²) < 4.78 is 27.0. The number of aliphatic hydroxyl groups excluding tert-OH is 1. The third-order valence-corrected chi connectivity index (χ3v) is 6.40. The van der Waals surface area contributed by atoms with E-state index in [2.05, 4.69) is 15.3 Å². The van der Waals surface area contributed by atoms with Gasteiger partial charge in [-0.1, -0.05) is 41.9 Å². The average molecular weight is 417 g/mol. The zero-order valence-electron chi connectivity index (χ0n) is 14.4. The molecule has 28 heavy (non-hydrogen) atoms. The van der Waals surface area contributed by atoms with Gasteiger partial charge in [-0.05, 0) is 11.5 Å². The fourth-order valence-electron chi connectivity index (χ4n) is 3.07. The van der Waals surface area contributed by atoms with Crippen LogP contribution in [0.4, 0.5) is 5.82 Å². The number of rotatable bonds is 2. The minimum Gasteiger partial charge on any atom is -0.505 e. The van der Waals surface area contributed by atoms with Gasteiger partial charge in [0.25, 0.3) is 15.9 Å². The van der Waals surface area contributed by atoms with Crippen LogP contribution in [-0.2, 0) is 14.8 Å². The smallest absolute Gasteiger partial charge is 0.278 e. The Hall–Kier alpha value is -3.17. The number of nitrogens with one attached hydrogen (secondary N) is 1. The molecule has 2 heterocycles. The highest BCUT2D eigenvalue weighted by Gasteiger charge is 2.39. The normalized spacial score (nSPS) is 15.4. The van der Waals surface area contributed by atoms with Crippen molar-refractivity contribution in [3.63, 3.8) is 0 Å². The van der Waals surface area contributed by atoms with Gasteiger partial charge in [-0.15, -0.1) is 0 Å². The predicted octanol–water partition coefficient (Wildman–Crippen LogP) is 2.78. The maximum atomic E-state index is 13.1. The highest BCUT2D eigenvalue weighted by atomic mass is 35.5. The fraction of sp³-hybridized carbons (Fsp3) is 0.0556. The molecule has 142 valence electrons. The molecule has 3 aromatic rings. The number of carbonyl (C=O) groups excluding carboxylic acids is 1. The minimum absolute atomic E-state index is 0.0212. The Morgan fingerprint density at radius 3 is 2.68 bits per heavy atom. The third-order valence-electron chi connectivity index (χ3n) is 4.35. The van der Waals surface area contributed by atoms with Crippen molar-refractivity contribution in [1.82, 2.24) is 14.3 Å². The molecule has 2 N–H and O–H groups in total. The van der Waals surface area contributed by atoms with E-state index in [9.17, 15) is 18.3 Å². The van der Waals surface area contributed by atoms with Gasteiger partial charge in [0, 0.05) is 18.0 Å². The lowest BCUT2D eigenvalue weighted by Gasteiger charge is -2.29. The van der Waals surface area contributed by atoms with E-state index in [4.69, 9.17) is 11.6 Å². The molecule has 0 aliphatic carbocycles. The minimum atomic E-state index is -4.08. The molecule has 2 aromatic carbocycles. The number of likely N-dealkylation sites (N-methyl/N-ethyl adjacent to an activating group) is 1. The molecule has 0 atom stereocenters. The van der Waals surface area contributed by atoms with Gasteiger partial charge in [0.1, 0.15) is 10.0 Å². The van der Waals surface area contributed by atoms with Gasteiger partial charge in [-0.3, -0.25) is 14.1 Å². The summed E-state index contributed by atoms with van der Waals surface area (Å²) in [4.78, 5) is 20.3. The lowest BCUT2D eigenvalue weighted by Crippen LogP contribution is -2.37. The van der Waals surface area contributed by atoms with E-state index < -0.39 is 27.4 Å². The van der Waals surface area contributed by atoms with Crippen LogP contribution >= 0.6 is 11.6 Å². The van der Waals surface area contributed by atoms with Crippen LogP contribution in [0.25, 0.3) is 16.5 Å². The quantitative estimate of drug-likeness (QED) is 0.664. The molecule has 1 aliphatic rings. The number of anilines is 1. The fourth-order valence-corrected chi connectivity index (χ4v) is 4.81. The van der Waals surface area contributed by atoms with Crippen molar-refractivity contribution in [2.24, 2.45) is 0 Å². The molecule has 0 bridgehead atoms. The van der Waals surface area contributed by atoms with E-state index in [1.54, 1.807) is 30.3 Å². The van der Waals surface area contributed by atoms with Gasteiger partial charge in [-0.2, -0.15) is 0 Å². The predicted molar refractivity (Wildman–Crippen MR) is 104 cm³/mol. The highest BCUT2D eigenvalue weighted by Crippen LogP contribution is 2.39. The second-order valence-electron chi connectivity index (χ2n) is 6.01. The standard InChI is InChI=1S/C18H13ClN4O4S/c1-23-15(18(25)22-14-9-20-8-13(19)21-14)16(24)12-7-6-10-4-2-3-5-11(10)17(12)28(23,26)27/h2-9,24H,1H3,(H,21,22,25). The molecule has 0 unspecified atom stereocenters. The topological polar surface area (TPSA) is 112 Å². The maximum absolute atomic E-state index is 13.1. The zero-order chi connectivity index (χ0) is 20.1. The van der Waals surface area contributed by atoms with Gasteiger partial charge < -0.3 is 10.4 Å². The first-order valence-corrected chi connectivity index (χ1v) is 9.85. The van der Waals surface area contributed by atoms with Gasteiger partial charge in [0.15, 0.2) is 17.3 Å². The molecule has 1 aliphatic heterocycles. The number of hydrogen-bond donors (Lipinski definition) is 2. The third kappa shape index (κ3) is 2.76. The summed E-state index contributed by atoms with van der Waals surface area (Å²) in [5.41, 5.74) is -0.372. The van der Waals surface area contributed by atoms with Crippen molar-refractivity contribution >= 4 is 49.9 Å². The van der Waals surface area contributed by atoms with Crippen LogP contribution in [0.15, 0.2) is 59.4 Å². The van der Waals surface area contributed by atoms with E-state index in [-0.39, 0.29) is 21.4 Å². The van der Waals surface area contributed by atoms with Crippen LogP contribution < -0.4 is 5.32 Å². The molecule has 0 radical (unpaired) electrons. The Labute approximate surface area is 165 Å². The molecule has 0 saturated heterocycles. The van der Waals surface area contributed by atoms with Crippen LogP contribution in [0.2, 0.25) is 5.15 Å². The number of sulfonamides is 1. The van der Waals surface area contributed by atoms with Crippen LogP contribution in [-0.4, -0.2) is 40.8 Å². The number of aliphatic hydroxyl groups is 1. The Bertz CT molecular complexity index is 1270. The number of carbonyl (C=O) groups is 1. The molecule has 1 aromatic heterocycles. The Balaban J connectivity index is 1.89. The van der Waals surface area contributed by atoms with Crippen molar-refractivity contribution in [3.05, 3.63) is 65.2 Å². The number of nitrogens with zero attached hydrogens (tertiary/aromatic N) is 3. The van der Waals surface area contributed by atoms with E-state index in [0.29, 0.717) is 10.8 Å². The van der Waals surface area contributed by atoms with Crippen molar-refractivity contribution in [1.29, 1.82) is 0 Å². The van der Waals surface area contributed by atoms with Gasteiger partial charge >= 0.3 is 0 Å². The summed E-state index contributed by atoms with van der Waals surface area (Å²) in [6.45, 7) is 0.